The average molecular weight is 745 g/mol. The maximum atomic E-state index is 14.9. The number of nitrogens with zero attached hydrogens (tertiary/aromatic N) is 1. The van der Waals surface area contributed by atoms with Crippen molar-refractivity contribution in [2.24, 2.45) is 51.2 Å². The molecule has 4 aliphatic carbocycles. The molecule has 6 aliphatic heterocycles. The van der Waals surface area contributed by atoms with E-state index >= 15 is 0 Å². The number of rotatable bonds is 4. The highest BCUT2D eigenvalue weighted by Gasteiger charge is 2.91. The molecule has 292 valence electrons. The van der Waals surface area contributed by atoms with E-state index in [0.29, 0.717) is 49.5 Å². The highest BCUT2D eigenvalue weighted by molar-refractivity contribution is 5.92. The number of ketones is 1. The number of hydrogen-bond donors (Lipinski definition) is 2. The molecule has 4 saturated carbocycles. The summed E-state index contributed by atoms with van der Waals surface area (Å²) in [6.45, 7) is 10.1. The molecule has 9 fully saturated rings. The standard InChI is InChI=1S/C43H56N2O9/c1-38(2)31-30(46)32(47)40(4)29(42(31)21-51-37(49)41(36(42)54-38)14-5-6-15-41)11-16-39(3)33(52-35(48)34-43(39,40)53-34)26-13-18-50-28(26)10-8-23-7-9-25-24(19-23)12-17-45-22-44-20-27(25)45/h12-13,17-18,23-25,27,29,31-34,36,44,47H,5-11,14-16,19-22H2,1-4H3. The minimum absolute atomic E-state index is 0.0661. The number of Topliss-reactive ketones (excluding diaryl/α,β-unsaturated/α-hetero) is 1. The third-order valence-electron chi connectivity index (χ3n) is 17.7. The topological polar surface area (TPSA) is 140 Å². The number of nitrogens with one attached hydrogen (secondary N) is 1. The molecular weight excluding hydrogens is 688 g/mol. The van der Waals surface area contributed by atoms with E-state index in [1.807, 2.05) is 26.8 Å². The van der Waals surface area contributed by atoms with E-state index in [1.54, 1.807) is 6.26 Å². The lowest BCUT2D eigenvalue weighted by Gasteiger charge is -2.67. The first-order chi connectivity index (χ1) is 25.8. The van der Waals surface area contributed by atoms with Crippen molar-refractivity contribution in [1.82, 2.24) is 10.2 Å². The number of carbonyl (C=O) groups is 3. The minimum Gasteiger partial charge on any atom is -0.469 e. The van der Waals surface area contributed by atoms with Crippen molar-refractivity contribution in [3.05, 3.63) is 35.9 Å². The van der Waals surface area contributed by atoms with Gasteiger partial charge in [0.25, 0.3) is 0 Å². The van der Waals surface area contributed by atoms with Gasteiger partial charge in [0, 0.05) is 40.8 Å². The molecule has 3 spiro atoms. The van der Waals surface area contributed by atoms with E-state index in [-0.39, 0.29) is 24.3 Å². The first kappa shape index (κ1) is 34.5. The molecule has 14 unspecified atom stereocenters. The summed E-state index contributed by atoms with van der Waals surface area (Å²) in [6.07, 6.45) is 12.8. The van der Waals surface area contributed by atoms with Crippen LogP contribution in [0.5, 0.6) is 0 Å². The number of carbonyl (C=O) groups excluding carboxylic acids is 3. The van der Waals surface area contributed by atoms with Gasteiger partial charge in [0.1, 0.15) is 30.2 Å². The van der Waals surface area contributed by atoms with Crippen molar-refractivity contribution >= 4 is 17.7 Å². The summed E-state index contributed by atoms with van der Waals surface area (Å²) in [5.74, 6) is 0.816. The molecule has 5 saturated heterocycles. The van der Waals surface area contributed by atoms with Crippen molar-refractivity contribution in [1.29, 1.82) is 0 Å². The molecule has 0 aromatic carbocycles. The van der Waals surface area contributed by atoms with Gasteiger partial charge in [0.15, 0.2) is 11.9 Å². The largest absolute Gasteiger partial charge is 0.469 e. The van der Waals surface area contributed by atoms with Crippen LogP contribution in [0.2, 0.25) is 0 Å². The number of allylic oxidation sites excluding steroid dienone is 1. The Labute approximate surface area is 317 Å². The zero-order valence-corrected chi connectivity index (χ0v) is 32.1. The Bertz CT molecular complexity index is 1830. The van der Waals surface area contributed by atoms with Gasteiger partial charge in [-0.3, -0.25) is 14.9 Å². The molecule has 7 heterocycles. The van der Waals surface area contributed by atoms with E-state index in [1.165, 1.54) is 19.3 Å². The smallest absolute Gasteiger partial charge is 0.339 e. The maximum Gasteiger partial charge on any atom is 0.339 e. The Morgan fingerprint density at radius 3 is 2.63 bits per heavy atom. The van der Waals surface area contributed by atoms with Crippen LogP contribution in [-0.2, 0) is 39.8 Å². The monoisotopic (exact) mass is 744 g/mol. The van der Waals surface area contributed by atoms with Crippen LogP contribution in [-0.4, -0.2) is 83.1 Å². The number of aliphatic hydroxyl groups is 1. The second-order valence-corrected chi connectivity index (χ2v) is 20.1. The molecule has 2 N–H and O–H groups in total. The van der Waals surface area contributed by atoms with Gasteiger partial charge in [-0.1, -0.05) is 39.2 Å². The predicted octanol–water partition coefficient (Wildman–Crippen LogP) is 5.00. The Hall–Kier alpha value is -2.73. The zero-order chi connectivity index (χ0) is 37.2. The lowest BCUT2D eigenvalue weighted by atomic mass is 9.35. The molecule has 1 aromatic rings. The minimum atomic E-state index is -1.40. The molecule has 14 atom stereocenters. The first-order valence-corrected chi connectivity index (χ1v) is 21.0. The van der Waals surface area contributed by atoms with Crippen LogP contribution < -0.4 is 5.32 Å². The summed E-state index contributed by atoms with van der Waals surface area (Å²) < 4.78 is 32.5. The molecular formula is C43H56N2O9. The van der Waals surface area contributed by atoms with Crippen molar-refractivity contribution in [3.8, 4) is 0 Å². The molecule has 1 aromatic heterocycles. The number of hydrogen-bond acceptors (Lipinski definition) is 11. The van der Waals surface area contributed by atoms with Gasteiger partial charge in [-0.25, -0.2) is 4.79 Å². The number of aliphatic hydroxyl groups excluding tert-OH is 1. The Balaban J connectivity index is 0.925. The summed E-state index contributed by atoms with van der Waals surface area (Å²) in [5, 5.41) is 16.0. The SMILES string of the molecule is CC1(C)OC2C3(CCCC3)C(=O)OCC23C1C(=O)C(O)C1(C)C3CCC2(C)C(c3ccoc3CCC3CCC4C(C=CN5CNCC45)C3)OC(=O)C3OC321. The summed E-state index contributed by atoms with van der Waals surface area (Å²) in [7, 11) is 0. The van der Waals surface area contributed by atoms with Gasteiger partial charge in [0.2, 0.25) is 0 Å². The lowest BCUT2D eigenvalue weighted by Crippen LogP contribution is -2.77. The van der Waals surface area contributed by atoms with Gasteiger partial charge >= 0.3 is 11.9 Å². The van der Waals surface area contributed by atoms with Gasteiger partial charge in [-0.05, 0) is 94.7 Å². The third-order valence-corrected chi connectivity index (χ3v) is 17.7. The molecule has 11 nitrogen and oxygen atoms in total. The van der Waals surface area contributed by atoms with E-state index in [0.717, 1.165) is 50.2 Å². The number of epoxide rings is 1. The molecule has 0 bridgehead atoms. The molecule has 11 rings (SSSR count). The molecule has 10 aliphatic rings. The van der Waals surface area contributed by atoms with Crippen LogP contribution in [0.25, 0.3) is 0 Å². The van der Waals surface area contributed by atoms with Crippen molar-refractivity contribution in [2.75, 3.05) is 19.8 Å². The highest BCUT2D eigenvalue weighted by Crippen LogP contribution is 2.81. The van der Waals surface area contributed by atoms with Crippen molar-refractivity contribution in [3.63, 3.8) is 0 Å². The zero-order valence-electron chi connectivity index (χ0n) is 32.1. The van der Waals surface area contributed by atoms with Gasteiger partial charge in [0.05, 0.1) is 36.0 Å². The number of furan rings is 1. The lowest BCUT2D eigenvalue weighted by molar-refractivity contribution is -0.264. The normalized spacial score (nSPS) is 50.2. The van der Waals surface area contributed by atoms with Crippen LogP contribution in [0.4, 0.5) is 0 Å². The second kappa shape index (κ2) is 11.0. The fourth-order valence-electron chi connectivity index (χ4n) is 15.6. The molecule has 0 radical (unpaired) electrons. The van der Waals surface area contributed by atoms with Crippen LogP contribution >= 0.6 is 0 Å². The van der Waals surface area contributed by atoms with E-state index in [4.69, 9.17) is 23.4 Å². The number of cyclic esters (lactones) is 2. The van der Waals surface area contributed by atoms with Crippen LogP contribution in [0.15, 0.2) is 29.0 Å². The first-order valence-electron chi connectivity index (χ1n) is 21.0. The average Bonchev–Trinajstić information content (AvgIpc) is 3.58. The summed E-state index contributed by atoms with van der Waals surface area (Å²) in [4.78, 5) is 45.2. The summed E-state index contributed by atoms with van der Waals surface area (Å²) >= 11 is 0. The van der Waals surface area contributed by atoms with E-state index in [9.17, 15) is 19.5 Å². The van der Waals surface area contributed by atoms with Gasteiger partial charge < -0.3 is 33.4 Å². The van der Waals surface area contributed by atoms with Crippen molar-refractivity contribution < 1.29 is 42.9 Å². The number of ether oxygens (including phenoxy) is 4. The molecule has 54 heavy (non-hydrogen) atoms. The third kappa shape index (κ3) is 3.91. The Morgan fingerprint density at radius 1 is 1.00 bits per heavy atom. The number of aryl methyl sites for hydroxylation is 1. The molecule has 11 heteroatoms. The second-order valence-electron chi connectivity index (χ2n) is 20.1. The van der Waals surface area contributed by atoms with Gasteiger partial charge in [-0.2, -0.15) is 0 Å². The maximum absolute atomic E-state index is 14.9. The van der Waals surface area contributed by atoms with Crippen LogP contribution in [0.1, 0.15) is 109 Å². The number of esters is 2. The Kier molecular flexibility index (Phi) is 7.04. The van der Waals surface area contributed by atoms with Crippen LogP contribution in [0.3, 0.4) is 0 Å². The predicted molar refractivity (Wildman–Crippen MR) is 192 cm³/mol. The Morgan fingerprint density at radius 2 is 1.81 bits per heavy atom. The van der Waals surface area contributed by atoms with Crippen molar-refractivity contribution in [2.45, 2.75) is 140 Å². The van der Waals surface area contributed by atoms with E-state index < -0.39 is 69.2 Å². The molecule has 0 amide bonds. The van der Waals surface area contributed by atoms with Crippen LogP contribution in [0, 0.1) is 51.2 Å². The number of fused-ring (bicyclic) bond motifs is 5. The summed E-state index contributed by atoms with van der Waals surface area (Å²) in [6, 6.07) is 2.56. The highest BCUT2D eigenvalue weighted by atomic mass is 16.7. The van der Waals surface area contributed by atoms with E-state index in [2.05, 4.69) is 29.4 Å². The quantitative estimate of drug-likeness (QED) is 0.318. The fourth-order valence-corrected chi connectivity index (χ4v) is 15.6. The van der Waals surface area contributed by atoms with Gasteiger partial charge in [-0.15, -0.1) is 0 Å². The fraction of sp³-hybridized carbons (Fsp3) is 0.791. The summed E-state index contributed by atoms with van der Waals surface area (Å²) in [5.41, 5.74) is -4.80.